The lowest BCUT2D eigenvalue weighted by Gasteiger charge is -2.06. The van der Waals surface area contributed by atoms with E-state index >= 15 is 0 Å². The second kappa shape index (κ2) is 5.89. The maximum atomic E-state index is 5.94. The lowest BCUT2D eigenvalue weighted by atomic mass is 10.1. The molecule has 0 bridgehead atoms. The zero-order valence-electron chi connectivity index (χ0n) is 13.7. The lowest BCUT2D eigenvalue weighted by Crippen LogP contribution is -2.04. The molecule has 4 heteroatoms. The van der Waals surface area contributed by atoms with Gasteiger partial charge in [-0.15, -0.1) is 11.3 Å². The monoisotopic (exact) mass is 333 g/mol. The van der Waals surface area contributed by atoms with Gasteiger partial charge in [0.05, 0.1) is 11.4 Å². The molecule has 0 aliphatic rings. The van der Waals surface area contributed by atoms with Gasteiger partial charge in [0.2, 0.25) is 0 Å². The van der Waals surface area contributed by atoms with Crippen LogP contribution in [-0.2, 0) is 0 Å². The number of thiazole rings is 1. The van der Waals surface area contributed by atoms with Crippen molar-refractivity contribution in [2.75, 3.05) is 0 Å². The summed E-state index contributed by atoms with van der Waals surface area (Å²) in [6, 6.07) is 17.0. The van der Waals surface area contributed by atoms with Crippen LogP contribution in [0.4, 0.5) is 0 Å². The summed E-state index contributed by atoms with van der Waals surface area (Å²) in [5.41, 5.74) is 12.8. The summed E-state index contributed by atoms with van der Waals surface area (Å²) >= 11 is 1.67. The number of hydrogen-bond donors (Lipinski definition) is 1. The van der Waals surface area contributed by atoms with Gasteiger partial charge in [0.1, 0.15) is 0 Å². The molecule has 4 rings (SSSR count). The van der Waals surface area contributed by atoms with Gasteiger partial charge in [0.25, 0.3) is 0 Å². The molecule has 0 aliphatic heterocycles. The van der Waals surface area contributed by atoms with E-state index in [1.54, 1.807) is 11.3 Å². The van der Waals surface area contributed by atoms with Crippen LogP contribution >= 0.6 is 11.3 Å². The van der Waals surface area contributed by atoms with Gasteiger partial charge in [-0.25, -0.2) is 4.98 Å². The third-order valence-corrected chi connectivity index (χ3v) is 5.13. The van der Waals surface area contributed by atoms with Crippen molar-refractivity contribution in [2.24, 2.45) is 5.73 Å². The molecule has 2 aromatic carbocycles. The summed E-state index contributed by atoms with van der Waals surface area (Å²) in [6.45, 7) is 4.10. The maximum absolute atomic E-state index is 5.94. The summed E-state index contributed by atoms with van der Waals surface area (Å²) in [5, 5.41) is 2.15. The van der Waals surface area contributed by atoms with E-state index in [1.807, 2.05) is 6.92 Å². The smallest absolute Gasteiger partial charge is 0.194 e. The van der Waals surface area contributed by atoms with E-state index in [2.05, 4.69) is 71.4 Å². The molecule has 2 aromatic heterocycles. The van der Waals surface area contributed by atoms with Crippen LogP contribution < -0.4 is 5.73 Å². The highest BCUT2D eigenvalue weighted by molar-refractivity contribution is 7.15. The van der Waals surface area contributed by atoms with Crippen molar-refractivity contribution in [2.45, 2.75) is 19.9 Å². The molecule has 24 heavy (non-hydrogen) atoms. The van der Waals surface area contributed by atoms with Gasteiger partial charge in [0, 0.05) is 23.2 Å². The van der Waals surface area contributed by atoms with Crippen molar-refractivity contribution >= 4 is 16.3 Å². The van der Waals surface area contributed by atoms with Gasteiger partial charge in [-0.2, -0.15) is 0 Å². The topological polar surface area (TPSA) is 43.3 Å². The van der Waals surface area contributed by atoms with E-state index in [9.17, 15) is 0 Å². The average Bonchev–Trinajstić information content (AvgIpc) is 3.16. The van der Waals surface area contributed by atoms with Gasteiger partial charge >= 0.3 is 0 Å². The summed E-state index contributed by atoms with van der Waals surface area (Å²) in [6.07, 6.45) is 2.12. The van der Waals surface area contributed by atoms with Crippen molar-refractivity contribution in [1.82, 2.24) is 9.38 Å². The summed E-state index contributed by atoms with van der Waals surface area (Å²) in [7, 11) is 0. The number of benzene rings is 2. The molecule has 4 aromatic rings. The van der Waals surface area contributed by atoms with Crippen molar-refractivity contribution in [3.63, 3.8) is 0 Å². The summed E-state index contributed by atoms with van der Waals surface area (Å²) in [5.74, 6) is 0. The minimum atomic E-state index is 0.0583. The van der Waals surface area contributed by atoms with E-state index in [0.717, 1.165) is 27.5 Å². The number of hydrogen-bond acceptors (Lipinski definition) is 3. The number of aryl methyl sites for hydroxylation is 1. The Labute approximate surface area is 145 Å². The van der Waals surface area contributed by atoms with E-state index in [1.165, 1.54) is 11.1 Å². The molecule has 1 atom stereocenters. The zero-order valence-corrected chi connectivity index (χ0v) is 14.5. The first-order chi connectivity index (χ1) is 11.6. The Morgan fingerprint density at radius 2 is 1.67 bits per heavy atom. The summed E-state index contributed by atoms with van der Waals surface area (Å²) in [4.78, 5) is 5.78. The maximum Gasteiger partial charge on any atom is 0.194 e. The third-order valence-electron chi connectivity index (χ3n) is 4.29. The van der Waals surface area contributed by atoms with E-state index in [4.69, 9.17) is 10.7 Å². The van der Waals surface area contributed by atoms with Crippen molar-refractivity contribution in [1.29, 1.82) is 0 Å². The summed E-state index contributed by atoms with van der Waals surface area (Å²) < 4.78 is 2.17. The lowest BCUT2D eigenvalue weighted by molar-refractivity contribution is 0.818. The molecular formula is C20H19N3S. The van der Waals surface area contributed by atoms with E-state index < -0.39 is 0 Å². The quantitative estimate of drug-likeness (QED) is 0.569. The zero-order chi connectivity index (χ0) is 16.7. The number of nitrogens with zero attached hydrogens (tertiary/aromatic N) is 2. The average molecular weight is 333 g/mol. The van der Waals surface area contributed by atoms with Crippen molar-refractivity contribution < 1.29 is 0 Å². The molecule has 2 N–H and O–H groups in total. The Morgan fingerprint density at radius 1 is 1.00 bits per heavy atom. The number of fused-ring (bicyclic) bond motifs is 1. The molecule has 0 saturated heterocycles. The van der Waals surface area contributed by atoms with Crippen LogP contribution in [0.1, 0.15) is 24.1 Å². The number of nitrogens with two attached hydrogens (primary N) is 1. The highest BCUT2D eigenvalue weighted by atomic mass is 32.1. The Morgan fingerprint density at radius 3 is 2.33 bits per heavy atom. The molecule has 0 amide bonds. The van der Waals surface area contributed by atoms with Crippen LogP contribution in [0.2, 0.25) is 0 Å². The predicted molar refractivity (Wildman–Crippen MR) is 101 cm³/mol. The van der Waals surface area contributed by atoms with E-state index in [0.29, 0.717) is 0 Å². The first-order valence-electron chi connectivity index (χ1n) is 8.01. The van der Waals surface area contributed by atoms with E-state index in [-0.39, 0.29) is 6.04 Å². The van der Waals surface area contributed by atoms with Gasteiger partial charge in [-0.05, 0) is 25.0 Å². The van der Waals surface area contributed by atoms with Crippen LogP contribution in [0, 0.1) is 6.92 Å². The van der Waals surface area contributed by atoms with Crippen LogP contribution in [0.5, 0.6) is 0 Å². The molecule has 2 heterocycles. The first-order valence-corrected chi connectivity index (χ1v) is 8.89. The standard InChI is InChI=1S/C20H19N3S/c1-13-3-5-16(6-4-13)18-11-23-19(12-24-20(23)22-18)17-9-7-15(8-10-17)14(2)21/h3-12,14H,21H2,1-2H3. The fourth-order valence-corrected chi connectivity index (χ4v) is 3.69. The van der Waals surface area contributed by atoms with Crippen LogP contribution in [0.25, 0.3) is 27.5 Å². The van der Waals surface area contributed by atoms with Crippen LogP contribution in [0.3, 0.4) is 0 Å². The Balaban J connectivity index is 1.75. The number of rotatable bonds is 3. The fraction of sp³-hybridized carbons (Fsp3) is 0.150. The van der Waals surface area contributed by atoms with Gasteiger partial charge in [-0.1, -0.05) is 54.1 Å². The SMILES string of the molecule is Cc1ccc(-c2cn3c(-c4ccc(C(C)N)cc4)csc3n2)cc1. The fourth-order valence-electron chi connectivity index (χ4n) is 2.81. The first kappa shape index (κ1) is 15.1. The van der Waals surface area contributed by atoms with Crippen LogP contribution in [0.15, 0.2) is 60.1 Å². The highest BCUT2D eigenvalue weighted by Crippen LogP contribution is 2.30. The molecular weight excluding hydrogens is 314 g/mol. The Hall–Kier alpha value is -2.43. The molecule has 0 spiro atoms. The molecule has 3 nitrogen and oxygen atoms in total. The highest BCUT2D eigenvalue weighted by Gasteiger charge is 2.11. The number of imidazole rings is 1. The predicted octanol–water partition coefficient (Wildman–Crippen LogP) is 5.06. The van der Waals surface area contributed by atoms with Gasteiger partial charge in [0.15, 0.2) is 4.96 Å². The molecule has 0 aliphatic carbocycles. The van der Waals surface area contributed by atoms with Crippen molar-refractivity contribution in [3.8, 4) is 22.5 Å². The minimum absolute atomic E-state index is 0.0583. The Bertz CT molecular complexity index is 976. The van der Waals surface area contributed by atoms with Crippen molar-refractivity contribution in [3.05, 3.63) is 71.2 Å². The molecule has 0 saturated carbocycles. The van der Waals surface area contributed by atoms with Gasteiger partial charge < -0.3 is 5.73 Å². The molecule has 1 unspecified atom stereocenters. The minimum Gasteiger partial charge on any atom is -0.324 e. The van der Waals surface area contributed by atoms with Crippen LogP contribution in [-0.4, -0.2) is 9.38 Å². The second-order valence-corrected chi connectivity index (χ2v) is 7.01. The van der Waals surface area contributed by atoms with Gasteiger partial charge in [-0.3, -0.25) is 4.40 Å². The molecule has 0 radical (unpaired) electrons. The molecule has 0 fully saturated rings. The largest absolute Gasteiger partial charge is 0.324 e. The normalized spacial score (nSPS) is 12.6. The Kier molecular flexibility index (Phi) is 3.71. The number of aromatic nitrogens is 2. The molecule has 120 valence electrons. The second-order valence-electron chi connectivity index (χ2n) is 6.18. The third kappa shape index (κ3) is 2.64.